The molecule has 7 heteroatoms. The normalized spacial score (nSPS) is 11.5. The van der Waals surface area contributed by atoms with Crippen molar-refractivity contribution >= 4 is 26.0 Å². The highest BCUT2D eigenvalue weighted by Crippen LogP contribution is 2.22. The smallest absolute Gasteiger partial charge is 0.242 e. The van der Waals surface area contributed by atoms with Gasteiger partial charge in [-0.15, -0.1) is 0 Å². The minimum absolute atomic E-state index is 0.253. The maximum atomic E-state index is 12.6. The van der Waals surface area contributed by atoms with E-state index in [0.29, 0.717) is 5.75 Å². The molecule has 0 aliphatic heterocycles. The number of likely N-dealkylation sites (N-methyl/N-ethyl adjacent to an activating group) is 1. The summed E-state index contributed by atoms with van der Waals surface area (Å²) in [5.74, 6) is 1.41. The van der Waals surface area contributed by atoms with E-state index in [4.69, 9.17) is 9.47 Å². The lowest BCUT2D eigenvalue weighted by atomic mass is 10.2. The fraction of sp³-hybridized carbons (Fsp3) is 0.294. The van der Waals surface area contributed by atoms with Gasteiger partial charge in [0.1, 0.15) is 18.1 Å². The Morgan fingerprint density at radius 3 is 2.29 bits per heavy atom. The minimum Gasteiger partial charge on any atom is -0.497 e. The molecule has 0 aliphatic carbocycles. The second-order valence-electron chi connectivity index (χ2n) is 5.26. The van der Waals surface area contributed by atoms with Crippen molar-refractivity contribution in [2.45, 2.75) is 11.8 Å². The monoisotopic (exact) mass is 413 g/mol. The molecule has 0 aliphatic rings. The van der Waals surface area contributed by atoms with Gasteiger partial charge in [-0.05, 0) is 55.0 Å². The molecule has 24 heavy (non-hydrogen) atoms. The van der Waals surface area contributed by atoms with Gasteiger partial charge in [-0.1, -0.05) is 15.9 Å². The van der Waals surface area contributed by atoms with Crippen LogP contribution >= 0.6 is 15.9 Å². The molecule has 0 atom stereocenters. The first kappa shape index (κ1) is 18.8. The zero-order valence-corrected chi connectivity index (χ0v) is 16.2. The maximum absolute atomic E-state index is 12.6. The third-order valence-corrected chi connectivity index (χ3v) is 6.31. The van der Waals surface area contributed by atoms with Crippen molar-refractivity contribution in [3.8, 4) is 11.5 Å². The van der Waals surface area contributed by atoms with Crippen molar-refractivity contribution in [3.63, 3.8) is 0 Å². The first-order valence-corrected chi connectivity index (χ1v) is 9.57. The molecule has 0 aromatic heterocycles. The summed E-state index contributed by atoms with van der Waals surface area (Å²) in [7, 11) is -0.388. The molecule has 0 fully saturated rings. The topological polar surface area (TPSA) is 55.8 Å². The molecule has 2 rings (SSSR count). The van der Waals surface area contributed by atoms with Crippen molar-refractivity contribution in [3.05, 3.63) is 52.5 Å². The first-order chi connectivity index (χ1) is 11.3. The highest BCUT2D eigenvalue weighted by atomic mass is 79.9. The van der Waals surface area contributed by atoms with E-state index >= 15 is 0 Å². The Balaban J connectivity index is 1.97. The van der Waals surface area contributed by atoms with E-state index in [1.165, 1.54) is 4.31 Å². The summed E-state index contributed by atoms with van der Waals surface area (Å²) in [6, 6.07) is 12.1. The van der Waals surface area contributed by atoms with Gasteiger partial charge in [0, 0.05) is 18.1 Å². The standard InChI is InChI=1S/C17H20BrNO4S/c1-13-12-16(8-9-17(13)18)24(20,21)19(2)10-11-23-15-6-4-14(22-3)5-7-15/h4-9,12H,10-11H2,1-3H3. The zero-order valence-electron chi connectivity index (χ0n) is 13.8. The van der Waals surface area contributed by atoms with Crippen LogP contribution in [0.2, 0.25) is 0 Å². The molecule has 0 saturated carbocycles. The Labute approximate surface area is 151 Å². The van der Waals surface area contributed by atoms with Crippen LogP contribution in [0.15, 0.2) is 51.8 Å². The van der Waals surface area contributed by atoms with Gasteiger partial charge in [-0.25, -0.2) is 8.42 Å². The molecule has 0 unspecified atom stereocenters. The highest BCUT2D eigenvalue weighted by Gasteiger charge is 2.21. The zero-order chi connectivity index (χ0) is 17.7. The van der Waals surface area contributed by atoms with Gasteiger partial charge in [0.2, 0.25) is 10.0 Å². The van der Waals surface area contributed by atoms with E-state index in [9.17, 15) is 8.42 Å². The summed E-state index contributed by atoms with van der Waals surface area (Å²) in [5.41, 5.74) is 0.874. The van der Waals surface area contributed by atoms with E-state index in [1.807, 2.05) is 6.92 Å². The summed E-state index contributed by atoms with van der Waals surface area (Å²) < 4.78 is 38.0. The van der Waals surface area contributed by atoms with Crippen LogP contribution in [-0.2, 0) is 10.0 Å². The first-order valence-electron chi connectivity index (χ1n) is 7.34. The minimum atomic E-state index is -3.53. The lowest BCUT2D eigenvalue weighted by Gasteiger charge is -2.18. The molecule has 0 bridgehead atoms. The summed E-state index contributed by atoms with van der Waals surface area (Å²) in [4.78, 5) is 0.273. The summed E-state index contributed by atoms with van der Waals surface area (Å²) in [6.45, 7) is 2.37. The number of nitrogens with zero attached hydrogens (tertiary/aromatic N) is 1. The van der Waals surface area contributed by atoms with Gasteiger partial charge in [-0.2, -0.15) is 4.31 Å². The summed E-state index contributed by atoms with van der Waals surface area (Å²) >= 11 is 3.37. The summed E-state index contributed by atoms with van der Waals surface area (Å²) in [6.07, 6.45) is 0. The molecule has 0 amide bonds. The fourth-order valence-electron chi connectivity index (χ4n) is 2.04. The predicted octanol–water partition coefficient (Wildman–Crippen LogP) is 3.47. The number of sulfonamides is 1. The molecule has 2 aromatic rings. The molecule has 5 nitrogen and oxygen atoms in total. The van der Waals surface area contributed by atoms with Crippen molar-refractivity contribution in [1.82, 2.24) is 4.31 Å². The predicted molar refractivity (Wildman–Crippen MR) is 97.2 cm³/mol. The second-order valence-corrected chi connectivity index (χ2v) is 8.16. The number of ether oxygens (including phenoxy) is 2. The molecule has 130 valence electrons. The van der Waals surface area contributed by atoms with Gasteiger partial charge < -0.3 is 9.47 Å². The van der Waals surface area contributed by atoms with Crippen LogP contribution in [-0.4, -0.2) is 40.0 Å². The highest BCUT2D eigenvalue weighted by molar-refractivity contribution is 9.10. The van der Waals surface area contributed by atoms with E-state index in [1.54, 1.807) is 56.6 Å². The molecule has 0 saturated heterocycles. The maximum Gasteiger partial charge on any atom is 0.242 e. The number of methoxy groups -OCH3 is 1. The Kier molecular flexibility index (Phi) is 6.26. The van der Waals surface area contributed by atoms with E-state index in [2.05, 4.69) is 15.9 Å². The Hall–Kier alpha value is -1.57. The molecule has 0 heterocycles. The van der Waals surface area contributed by atoms with Crippen LogP contribution in [0, 0.1) is 6.92 Å². The van der Waals surface area contributed by atoms with Crippen LogP contribution in [0.25, 0.3) is 0 Å². The lowest BCUT2D eigenvalue weighted by molar-refractivity contribution is 0.286. The van der Waals surface area contributed by atoms with Crippen LogP contribution in [0.1, 0.15) is 5.56 Å². The van der Waals surface area contributed by atoms with Gasteiger partial charge in [0.15, 0.2) is 0 Å². The fourth-order valence-corrected chi connectivity index (χ4v) is 3.53. The van der Waals surface area contributed by atoms with Gasteiger partial charge in [-0.3, -0.25) is 0 Å². The number of benzene rings is 2. The van der Waals surface area contributed by atoms with Gasteiger partial charge in [0.25, 0.3) is 0 Å². The van der Waals surface area contributed by atoms with E-state index in [-0.39, 0.29) is 18.0 Å². The number of hydrogen-bond donors (Lipinski definition) is 0. The van der Waals surface area contributed by atoms with Crippen LogP contribution in [0.3, 0.4) is 0 Å². The molecule has 0 spiro atoms. The van der Waals surface area contributed by atoms with Gasteiger partial charge in [0.05, 0.1) is 12.0 Å². The average molecular weight is 414 g/mol. The van der Waals surface area contributed by atoms with Crippen LogP contribution in [0.4, 0.5) is 0 Å². The Bertz CT molecular complexity index is 791. The van der Waals surface area contributed by atoms with Crippen molar-refractivity contribution in [1.29, 1.82) is 0 Å². The van der Waals surface area contributed by atoms with E-state index in [0.717, 1.165) is 15.8 Å². The average Bonchev–Trinajstić information content (AvgIpc) is 2.57. The largest absolute Gasteiger partial charge is 0.497 e. The van der Waals surface area contributed by atoms with Crippen molar-refractivity contribution < 1.29 is 17.9 Å². The SMILES string of the molecule is COc1ccc(OCCN(C)S(=O)(=O)c2ccc(Br)c(C)c2)cc1. The number of halogens is 1. The molecular weight excluding hydrogens is 394 g/mol. The number of aryl methyl sites for hydroxylation is 1. The van der Waals surface area contributed by atoms with Crippen LogP contribution in [0.5, 0.6) is 11.5 Å². The number of hydrogen-bond acceptors (Lipinski definition) is 4. The molecule has 0 N–H and O–H groups in total. The third-order valence-electron chi connectivity index (χ3n) is 3.57. The molecule has 2 aromatic carbocycles. The van der Waals surface area contributed by atoms with Crippen LogP contribution < -0.4 is 9.47 Å². The number of rotatable bonds is 7. The summed E-state index contributed by atoms with van der Waals surface area (Å²) in [5, 5.41) is 0. The van der Waals surface area contributed by atoms with E-state index < -0.39 is 10.0 Å². The van der Waals surface area contributed by atoms with Crippen molar-refractivity contribution in [2.24, 2.45) is 0 Å². The lowest BCUT2D eigenvalue weighted by Crippen LogP contribution is -2.31. The Morgan fingerprint density at radius 1 is 1.08 bits per heavy atom. The molecular formula is C17H20BrNO4S. The quantitative estimate of drug-likeness (QED) is 0.697. The second kappa shape index (κ2) is 8.00. The third kappa shape index (κ3) is 4.49. The molecule has 0 radical (unpaired) electrons. The Morgan fingerprint density at radius 2 is 1.71 bits per heavy atom. The van der Waals surface area contributed by atoms with Gasteiger partial charge >= 0.3 is 0 Å². The van der Waals surface area contributed by atoms with Crippen molar-refractivity contribution in [2.75, 3.05) is 27.3 Å².